The summed E-state index contributed by atoms with van der Waals surface area (Å²) >= 11 is 0. The second-order valence-electron chi connectivity index (χ2n) is 17.2. The van der Waals surface area contributed by atoms with Gasteiger partial charge in [0.05, 0.1) is 0 Å². The molecular weight excluding hydrogens is 614 g/mol. The smallest absolute Gasteiger partial charge is 0.302 e. The van der Waals surface area contributed by atoms with E-state index in [0.29, 0.717) is 37.6 Å². The van der Waals surface area contributed by atoms with Gasteiger partial charge in [-0.25, -0.2) is 0 Å². The molecule has 0 aromatic heterocycles. The molecule has 272 valence electrons. The van der Waals surface area contributed by atoms with Crippen molar-refractivity contribution in [3.63, 3.8) is 0 Å². The highest BCUT2D eigenvalue weighted by atomic mass is 17.4. The molecular formula is C38H61NO9. The van der Waals surface area contributed by atoms with Crippen LogP contribution in [0.25, 0.3) is 0 Å². The molecule has 1 aliphatic heterocycles. The standard InChI is InChI=1S/C38H61NO9/c1-8-19-39-33(42)12-9-24(3)28-10-11-29-34-30(21-32(36(28,29)7)44-26(5)41)35(6)17-18-38(22-27(35)20-31(34)43-25(4)40)47-45-37(46-48-38)15-13-23(2)14-16-37/h23-24,27-32,34H,8-22H2,1-7H3,(H,39,42)/t23?,24?,27-,28?,29?,30?,31?,32+,34?,35+,36-,37?,38?/m1/s1. The number of rotatable bonds is 8. The Morgan fingerprint density at radius 3 is 2.17 bits per heavy atom. The Labute approximate surface area is 287 Å². The molecule has 1 heterocycles. The van der Waals surface area contributed by atoms with Crippen LogP contribution in [0.1, 0.15) is 138 Å². The molecule has 10 atom stereocenters. The maximum atomic E-state index is 12.7. The molecule has 0 aromatic carbocycles. The average molecular weight is 676 g/mol. The van der Waals surface area contributed by atoms with Crippen LogP contribution in [0.4, 0.5) is 0 Å². The summed E-state index contributed by atoms with van der Waals surface area (Å²) in [6.07, 6.45) is 10.7. The first kappa shape index (κ1) is 36.1. The molecule has 2 spiro atoms. The first-order valence-corrected chi connectivity index (χ1v) is 19.1. The van der Waals surface area contributed by atoms with Gasteiger partial charge in [-0.15, -0.1) is 0 Å². The van der Waals surface area contributed by atoms with Gasteiger partial charge >= 0.3 is 11.9 Å². The van der Waals surface area contributed by atoms with Gasteiger partial charge in [0.1, 0.15) is 12.2 Å². The summed E-state index contributed by atoms with van der Waals surface area (Å²) in [5.41, 5.74) is -0.387. The molecule has 0 bridgehead atoms. The van der Waals surface area contributed by atoms with Crippen molar-refractivity contribution in [1.82, 2.24) is 5.32 Å². The molecule has 48 heavy (non-hydrogen) atoms. The van der Waals surface area contributed by atoms with Crippen LogP contribution in [0.3, 0.4) is 0 Å². The Bertz CT molecular complexity index is 1190. The van der Waals surface area contributed by atoms with Crippen LogP contribution in [0.2, 0.25) is 0 Å². The number of fused-ring (bicyclic) bond motifs is 5. The minimum atomic E-state index is -0.998. The fraction of sp³-hybridized carbons (Fsp3) is 0.921. The van der Waals surface area contributed by atoms with Crippen molar-refractivity contribution >= 4 is 17.8 Å². The molecule has 6 unspecified atom stereocenters. The van der Waals surface area contributed by atoms with Gasteiger partial charge in [0.15, 0.2) is 0 Å². The summed E-state index contributed by atoms with van der Waals surface area (Å²) in [6, 6.07) is 0. The monoisotopic (exact) mass is 675 g/mol. The zero-order valence-electron chi connectivity index (χ0n) is 30.5. The Balaban J connectivity index is 1.24. The fourth-order valence-electron chi connectivity index (χ4n) is 11.5. The zero-order valence-corrected chi connectivity index (χ0v) is 30.5. The molecule has 0 radical (unpaired) electrons. The lowest BCUT2D eigenvalue weighted by atomic mass is 9.42. The van der Waals surface area contributed by atoms with E-state index in [9.17, 15) is 14.4 Å². The van der Waals surface area contributed by atoms with Crippen LogP contribution in [0.15, 0.2) is 0 Å². The quantitative estimate of drug-likeness (QED) is 0.211. The van der Waals surface area contributed by atoms with Crippen LogP contribution < -0.4 is 5.32 Å². The number of nitrogens with one attached hydrogen (secondary N) is 1. The van der Waals surface area contributed by atoms with Crippen molar-refractivity contribution in [3.05, 3.63) is 0 Å². The highest BCUT2D eigenvalue weighted by molar-refractivity contribution is 5.75. The second-order valence-corrected chi connectivity index (χ2v) is 17.2. The number of ether oxygens (including phenoxy) is 2. The molecule has 1 amide bonds. The number of carbonyl (C=O) groups is 3. The van der Waals surface area contributed by atoms with Crippen LogP contribution in [0, 0.1) is 52.3 Å². The number of esters is 2. The van der Waals surface area contributed by atoms with E-state index >= 15 is 0 Å². The highest BCUT2D eigenvalue weighted by Gasteiger charge is 2.69. The van der Waals surface area contributed by atoms with Gasteiger partial charge in [-0.3, -0.25) is 14.4 Å². The Morgan fingerprint density at radius 1 is 0.854 bits per heavy atom. The van der Waals surface area contributed by atoms with Crippen molar-refractivity contribution < 1.29 is 43.4 Å². The molecule has 6 aliphatic rings. The minimum Gasteiger partial charge on any atom is -0.462 e. The van der Waals surface area contributed by atoms with Gasteiger partial charge < -0.3 is 14.8 Å². The molecule has 0 aromatic rings. The Kier molecular flexibility index (Phi) is 10.3. The van der Waals surface area contributed by atoms with Crippen LogP contribution in [-0.2, 0) is 43.4 Å². The van der Waals surface area contributed by atoms with Crippen molar-refractivity contribution in [1.29, 1.82) is 0 Å². The van der Waals surface area contributed by atoms with E-state index in [-0.39, 0.29) is 70.5 Å². The Morgan fingerprint density at radius 2 is 1.52 bits per heavy atom. The van der Waals surface area contributed by atoms with E-state index in [4.69, 9.17) is 29.0 Å². The van der Waals surface area contributed by atoms with E-state index in [0.717, 1.165) is 70.6 Å². The molecule has 10 heteroatoms. The van der Waals surface area contributed by atoms with Crippen LogP contribution in [0.5, 0.6) is 0 Å². The Hall–Kier alpha value is -1.75. The highest BCUT2D eigenvalue weighted by Crippen LogP contribution is 2.70. The van der Waals surface area contributed by atoms with Gasteiger partial charge in [0.25, 0.3) is 0 Å². The lowest BCUT2D eigenvalue weighted by molar-refractivity contribution is -0.665. The molecule has 6 fully saturated rings. The van der Waals surface area contributed by atoms with Crippen LogP contribution in [-0.4, -0.2) is 48.2 Å². The third-order valence-electron chi connectivity index (χ3n) is 14.2. The number of hydrogen-bond acceptors (Lipinski definition) is 9. The summed E-state index contributed by atoms with van der Waals surface area (Å²) < 4.78 is 12.6. The van der Waals surface area contributed by atoms with Gasteiger partial charge in [0.2, 0.25) is 17.5 Å². The SMILES string of the molecule is CCCNC(=O)CCC(C)C1CCC2C3C(OC(C)=O)C[C@@H]4CC5(CC[C@]4(C)C3C[C@H](OC(C)=O)[C@]12C)OOC1(CCC(C)CC1)OO5. The lowest BCUT2D eigenvalue weighted by Gasteiger charge is -2.65. The summed E-state index contributed by atoms with van der Waals surface area (Å²) in [5, 5.41) is 3.02. The molecule has 5 saturated carbocycles. The summed E-state index contributed by atoms with van der Waals surface area (Å²) in [6.45, 7) is 15.0. The molecule has 10 nitrogen and oxygen atoms in total. The first-order chi connectivity index (χ1) is 22.7. The largest absolute Gasteiger partial charge is 0.462 e. The van der Waals surface area contributed by atoms with Gasteiger partial charge in [0, 0.05) is 63.8 Å². The molecule has 5 aliphatic carbocycles. The average Bonchev–Trinajstić information content (AvgIpc) is 3.40. The predicted molar refractivity (Wildman–Crippen MR) is 176 cm³/mol. The maximum absolute atomic E-state index is 12.7. The van der Waals surface area contributed by atoms with E-state index in [1.165, 1.54) is 13.8 Å². The van der Waals surface area contributed by atoms with E-state index in [1.807, 2.05) is 0 Å². The molecule has 1 saturated heterocycles. The van der Waals surface area contributed by atoms with E-state index in [1.54, 1.807) is 0 Å². The van der Waals surface area contributed by atoms with Gasteiger partial charge in [-0.05, 0) is 98.7 Å². The second kappa shape index (κ2) is 13.8. The number of carbonyl (C=O) groups excluding carboxylic acids is 3. The number of hydrogen-bond donors (Lipinski definition) is 1. The topological polar surface area (TPSA) is 119 Å². The maximum Gasteiger partial charge on any atom is 0.302 e. The zero-order chi connectivity index (χ0) is 34.5. The summed E-state index contributed by atoms with van der Waals surface area (Å²) in [5.74, 6) is -0.350. The summed E-state index contributed by atoms with van der Waals surface area (Å²) in [7, 11) is 0. The predicted octanol–water partition coefficient (Wildman–Crippen LogP) is 7.18. The van der Waals surface area contributed by atoms with Gasteiger partial charge in [-0.2, -0.15) is 19.6 Å². The lowest BCUT2D eigenvalue weighted by Crippen LogP contribution is -2.65. The number of amides is 1. The van der Waals surface area contributed by atoms with Crippen molar-refractivity contribution in [2.45, 2.75) is 162 Å². The third kappa shape index (κ3) is 6.57. The van der Waals surface area contributed by atoms with Crippen molar-refractivity contribution in [2.24, 2.45) is 52.3 Å². The van der Waals surface area contributed by atoms with Crippen molar-refractivity contribution in [3.8, 4) is 0 Å². The van der Waals surface area contributed by atoms with Gasteiger partial charge in [-0.1, -0.05) is 34.6 Å². The summed E-state index contributed by atoms with van der Waals surface area (Å²) in [4.78, 5) is 62.4. The van der Waals surface area contributed by atoms with E-state index in [2.05, 4.69) is 39.9 Å². The normalized spacial score (nSPS) is 45.8. The third-order valence-corrected chi connectivity index (χ3v) is 14.2. The van der Waals surface area contributed by atoms with Crippen molar-refractivity contribution in [2.75, 3.05) is 6.54 Å². The minimum absolute atomic E-state index is 0.102. The van der Waals surface area contributed by atoms with Crippen LogP contribution >= 0.6 is 0 Å². The van der Waals surface area contributed by atoms with E-state index < -0.39 is 11.6 Å². The molecule has 6 rings (SSSR count). The fourth-order valence-corrected chi connectivity index (χ4v) is 11.5. The first-order valence-electron chi connectivity index (χ1n) is 19.1. The molecule has 1 N–H and O–H groups in total.